The predicted octanol–water partition coefficient (Wildman–Crippen LogP) is 4.06. The zero-order chi connectivity index (χ0) is 15.2. The molecule has 2 unspecified atom stereocenters. The number of hydrogen-bond donors (Lipinski definition) is 1. The maximum Gasteiger partial charge on any atom is 0.119 e. The van der Waals surface area contributed by atoms with Crippen LogP contribution < -0.4 is 5.32 Å². The van der Waals surface area contributed by atoms with E-state index in [-0.39, 0.29) is 5.60 Å². The van der Waals surface area contributed by atoms with E-state index in [2.05, 4.69) is 41.7 Å². The molecule has 1 N–H and O–H groups in total. The first-order valence-corrected chi connectivity index (χ1v) is 8.32. The molecule has 2 aromatic carbocycles. The Balaban J connectivity index is 1.90. The van der Waals surface area contributed by atoms with Gasteiger partial charge in [-0.3, -0.25) is 0 Å². The molecule has 3 aliphatic carbocycles. The lowest BCUT2D eigenvalue weighted by molar-refractivity contribution is -0.0370. The van der Waals surface area contributed by atoms with Crippen molar-refractivity contribution in [1.29, 1.82) is 0 Å². The average Bonchev–Trinajstić information content (AvgIpc) is 2.56. The van der Waals surface area contributed by atoms with Gasteiger partial charge in [-0.2, -0.15) is 0 Å². The zero-order valence-electron chi connectivity index (χ0n) is 12.7. The van der Waals surface area contributed by atoms with Gasteiger partial charge >= 0.3 is 0 Å². The van der Waals surface area contributed by atoms with Crippen LogP contribution in [0.4, 0.5) is 0 Å². The number of hydrogen-bond acceptors (Lipinski definition) is 2. The van der Waals surface area contributed by atoms with Crippen molar-refractivity contribution in [1.82, 2.24) is 5.32 Å². The van der Waals surface area contributed by atoms with Gasteiger partial charge in [-0.05, 0) is 54.3 Å². The van der Waals surface area contributed by atoms with E-state index in [1.807, 2.05) is 13.1 Å². The van der Waals surface area contributed by atoms with E-state index in [0.29, 0.717) is 12.5 Å². The number of likely N-dealkylation sites (N-methyl/N-ethyl adjacent to an activating group) is 1. The third kappa shape index (κ3) is 1.95. The summed E-state index contributed by atoms with van der Waals surface area (Å²) in [6.45, 7) is 1.55. The Kier molecular flexibility index (Phi) is 3.48. The molecule has 2 nitrogen and oxygen atoms in total. The van der Waals surface area contributed by atoms with Gasteiger partial charge in [-0.1, -0.05) is 41.9 Å². The summed E-state index contributed by atoms with van der Waals surface area (Å²) in [6, 6.07) is 15.0. The fourth-order valence-corrected chi connectivity index (χ4v) is 4.32. The highest BCUT2D eigenvalue weighted by molar-refractivity contribution is 6.30. The van der Waals surface area contributed by atoms with Gasteiger partial charge in [-0.15, -0.1) is 0 Å². The maximum atomic E-state index is 6.48. The van der Waals surface area contributed by atoms with E-state index in [1.54, 1.807) is 0 Å². The van der Waals surface area contributed by atoms with Crippen LogP contribution in [0.3, 0.4) is 0 Å². The molecule has 0 aromatic heterocycles. The van der Waals surface area contributed by atoms with Crippen LogP contribution >= 0.6 is 11.6 Å². The third-order valence-electron chi connectivity index (χ3n) is 5.08. The molecule has 114 valence electrons. The quantitative estimate of drug-likeness (QED) is 0.860. The van der Waals surface area contributed by atoms with Gasteiger partial charge in [0, 0.05) is 17.5 Å². The maximum absolute atomic E-state index is 6.48. The van der Waals surface area contributed by atoms with E-state index < -0.39 is 0 Å². The van der Waals surface area contributed by atoms with Gasteiger partial charge in [-0.25, -0.2) is 0 Å². The lowest BCUT2D eigenvalue weighted by atomic mass is 9.61. The minimum Gasteiger partial charge on any atom is -0.364 e. The molecule has 0 spiro atoms. The Morgan fingerprint density at radius 1 is 1.18 bits per heavy atom. The van der Waals surface area contributed by atoms with Crippen molar-refractivity contribution in [2.75, 3.05) is 20.2 Å². The smallest absolute Gasteiger partial charge is 0.119 e. The predicted molar refractivity (Wildman–Crippen MR) is 89.6 cm³/mol. The number of halogens is 1. The van der Waals surface area contributed by atoms with Crippen LogP contribution in [0.5, 0.6) is 0 Å². The summed E-state index contributed by atoms with van der Waals surface area (Å²) in [4.78, 5) is 0. The molecule has 0 saturated carbocycles. The number of benzene rings is 2. The van der Waals surface area contributed by atoms with Crippen molar-refractivity contribution < 1.29 is 4.74 Å². The van der Waals surface area contributed by atoms with Crippen LogP contribution in [-0.4, -0.2) is 20.2 Å². The number of nitrogens with one attached hydrogen (secondary N) is 1. The topological polar surface area (TPSA) is 21.3 Å². The van der Waals surface area contributed by atoms with Crippen molar-refractivity contribution in [3.8, 4) is 0 Å². The fraction of sp³-hybridized carbons (Fsp3) is 0.368. The van der Waals surface area contributed by atoms with Crippen LogP contribution in [0.2, 0.25) is 5.02 Å². The Morgan fingerprint density at radius 2 is 2.00 bits per heavy atom. The van der Waals surface area contributed by atoms with Crippen LogP contribution in [-0.2, 0) is 10.3 Å². The largest absolute Gasteiger partial charge is 0.364 e. The normalized spacial score (nSPS) is 24.9. The Hall–Kier alpha value is -1.35. The van der Waals surface area contributed by atoms with Gasteiger partial charge in [0.2, 0.25) is 0 Å². The molecule has 2 atom stereocenters. The first kappa shape index (κ1) is 14.3. The van der Waals surface area contributed by atoms with Crippen molar-refractivity contribution in [2.24, 2.45) is 0 Å². The number of fused-ring (bicyclic) bond motifs is 1. The summed E-state index contributed by atoms with van der Waals surface area (Å²) >= 11 is 6.30. The molecule has 22 heavy (non-hydrogen) atoms. The SMILES string of the molecule is CNCCOC12CCC(c3ccccc31)c1ccc(Cl)cc12. The van der Waals surface area contributed by atoms with Gasteiger partial charge in [0.1, 0.15) is 5.60 Å². The van der Waals surface area contributed by atoms with Crippen LogP contribution in [0, 0.1) is 0 Å². The van der Waals surface area contributed by atoms with Gasteiger partial charge < -0.3 is 10.1 Å². The summed E-state index contributed by atoms with van der Waals surface area (Å²) in [6.07, 6.45) is 2.18. The highest BCUT2D eigenvalue weighted by Gasteiger charge is 2.49. The van der Waals surface area contributed by atoms with Gasteiger partial charge in [0.05, 0.1) is 6.61 Å². The van der Waals surface area contributed by atoms with Crippen molar-refractivity contribution >= 4 is 11.6 Å². The Bertz CT molecular complexity index is 714. The van der Waals surface area contributed by atoms with E-state index in [0.717, 1.165) is 24.4 Å². The van der Waals surface area contributed by atoms with Gasteiger partial charge in [0.15, 0.2) is 0 Å². The second-order valence-electron chi connectivity index (χ2n) is 6.19. The summed E-state index contributed by atoms with van der Waals surface area (Å²) in [7, 11) is 1.96. The fourth-order valence-electron chi connectivity index (χ4n) is 4.15. The van der Waals surface area contributed by atoms with E-state index in [4.69, 9.17) is 16.3 Å². The van der Waals surface area contributed by atoms with Crippen LogP contribution in [0.1, 0.15) is 41.0 Å². The van der Waals surface area contributed by atoms with Crippen LogP contribution in [0.15, 0.2) is 42.5 Å². The zero-order valence-corrected chi connectivity index (χ0v) is 13.5. The summed E-state index contributed by atoms with van der Waals surface area (Å²) in [5, 5.41) is 3.96. The summed E-state index contributed by atoms with van der Waals surface area (Å²) < 4.78 is 6.48. The molecule has 0 radical (unpaired) electrons. The van der Waals surface area contributed by atoms with E-state index >= 15 is 0 Å². The second kappa shape index (κ2) is 5.38. The average molecular weight is 314 g/mol. The summed E-state index contributed by atoms with van der Waals surface area (Å²) in [5.41, 5.74) is 5.08. The minimum absolute atomic E-state index is 0.331. The van der Waals surface area contributed by atoms with Crippen molar-refractivity contribution in [2.45, 2.75) is 24.4 Å². The molecule has 0 saturated heterocycles. The second-order valence-corrected chi connectivity index (χ2v) is 6.63. The molecule has 0 fully saturated rings. The molecule has 3 heteroatoms. The lowest BCUT2D eigenvalue weighted by Gasteiger charge is -2.49. The first-order valence-electron chi connectivity index (χ1n) is 7.94. The standard InChI is InChI=1S/C19H20ClNO/c1-21-10-11-22-19-9-8-14(15-4-2-3-5-17(15)19)16-7-6-13(20)12-18(16)19/h2-7,12,14,21H,8-11H2,1H3. The molecule has 5 rings (SSSR count). The molecule has 0 amide bonds. The molecule has 2 aromatic rings. The van der Waals surface area contributed by atoms with Crippen molar-refractivity contribution in [3.05, 3.63) is 69.7 Å². The molecule has 3 aliphatic rings. The Morgan fingerprint density at radius 3 is 2.86 bits per heavy atom. The van der Waals surface area contributed by atoms with Gasteiger partial charge in [0.25, 0.3) is 0 Å². The highest BCUT2D eigenvalue weighted by atomic mass is 35.5. The molecule has 0 aliphatic heterocycles. The Labute approximate surface area is 136 Å². The molecule has 0 heterocycles. The third-order valence-corrected chi connectivity index (χ3v) is 5.32. The van der Waals surface area contributed by atoms with E-state index in [9.17, 15) is 0 Å². The minimum atomic E-state index is -0.331. The van der Waals surface area contributed by atoms with E-state index in [1.165, 1.54) is 22.3 Å². The van der Waals surface area contributed by atoms with Crippen molar-refractivity contribution in [3.63, 3.8) is 0 Å². The lowest BCUT2D eigenvalue weighted by Crippen LogP contribution is -2.43. The summed E-state index contributed by atoms with van der Waals surface area (Å²) in [5.74, 6) is 0.484. The highest BCUT2D eigenvalue weighted by Crippen LogP contribution is 2.57. The first-order chi connectivity index (χ1) is 10.8. The molecule has 2 bridgehead atoms. The number of rotatable bonds is 4. The van der Waals surface area contributed by atoms with Crippen LogP contribution in [0.25, 0.3) is 0 Å². The monoisotopic (exact) mass is 313 g/mol. The molecular formula is C19H20ClNO. The number of ether oxygens (including phenoxy) is 1. The molecular weight excluding hydrogens is 294 g/mol.